The zero-order valence-corrected chi connectivity index (χ0v) is 17.1. The first-order chi connectivity index (χ1) is 14.5. The van der Waals surface area contributed by atoms with Crippen molar-refractivity contribution in [2.24, 2.45) is 14.1 Å². The number of rotatable bonds is 2. The summed E-state index contributed by atoms with van der Waals surface area (Å²) < 4.78 is 9.43. The summed E-state index contributed by atoms with van der Waals surface area (Å²) in [5.41, 5.74) is 2.05. The Labute approximate surface area is 173 Å². The van der Waals surface area contributed by atoms with Crippen LogP contribution in [0.2, 0.25) is 0 Å². The average molecular weight is 408 g/mol. The molecule has 9 nitrogen and oxygen atoms in total. The highest BCUT2D eigenvalue weighted by atomic mass is 16.5. The Balaban J connectivity index is 1.44. The van der Waals surface area contributed by atoms with Gasteiger partial charge in [0.2, 0.25) is 0 Å². The van der Waals surface area contributed by atoms with E-state index in [1.165, 1.54) is 10.9 Å². The number of likely N-dealkylation sites (tertiary alicyclic amines) is 1. The molecule has 9 heteroatoms. The number of carbonyl (C=O) groups is 2. The predicted molar refractivity (Wildman–Crippen MR) is 109 cm³/mol. The second-order valence-electron chi connectivity index (χ2n) is 7.93. The summed E-state index contributed by atoms with van der Waals surface area (Å²) in [5, 5.41) is 8.70. The maximum Gasteiger partial charge on any atom is 0.273 e. The number of nitrogens with zero attached hydrogens (tertiary/aromatic N) is 6. The van der Waals surface area contributed by atoms with Crippen molar-refractivity contribution in [3.63, 3.8) is 0 Å². The Morgan fingerprint density at radius 2 is 2.00 bits per heavy atom. The summed E-state index contributed by atoms with van der Waals surface area (Å²) in [5.74, 6) is -0.138. The minimum atomic E-state index is -0.180. The number of hydrogen-bond donors (Lipinski definition) is 0. The van der Waals surface area contributed by atoms with E-state index in [1.807, 2.05) is 47.0 Å². The standard InChI is InChI=1S/C21H24N6O3/c1-24-8-6-14-4-3-5-15(19(14)24)20(28)27-10-11-30-18-7-9-26(13-17(18)27)21(29)16-12-22-23-25(16)2/h3-6,8,12,17-18H,7,9-11,13H2,1-2H3/t17-,18-/m0/s1. The monoisotopic (exact) mass is 408 g/mol. The summed E-state index contributed by atoms with van der Waals surface area (Å²) >= 11 is 0. The second-order valence-corrected chi connectivity index (χ2v) is 7.93. The number of morpholine rings is 1. The molecule has 5 rings (SSSR count). The van der Waals surface area contributed by atoms with E-state index in [9.17, 15) is 9.59 Å². The van der Waals surface area contributed by atoms with Gasteiger partial charge in [-0.3, -0.25) is 9.59 Å². The van der Waals surface area contributed by atoms with Crippen LogP contribution in [0.1, 0.15) is 27.3 Å². The largest absolute Gasteiger partial charge is 0.374 e. The average Bonchev–Trinajstić information content (AvgIpc) is 3.37. The lowest BCUT2D eigenvalue weighted by Gasteiger charge is -2.47. The highest BCUT2D eigenvalue weighted by molar-refractivity contribution is 6.06. The van der Waals surface area contributed by atoms with E-state index in [1.54, 1.807) is 11.9 Å². The van der Waals surface area contributed by atoms with Crippen LogP contribution < -0.4 is 0 Å². The first-order valence-electron chi connectivity index (χ1n) is 10.1. The van der Waals surface area contributed by atoms with Crippen LogP contribution in [0.25, 0.3) is 10.9 Å². The van der Waals surface area contributed by atoms with Crippen LogP contribution in [0, 0.1) is 0 Å². The Hall–Kier alpha value is -3.20. The van der Waals surface area contributed by atoms with Crippen LogP contribution in [0.15, 0.2) is 36.7 Å². The Morgan fingerprint density at radius 3 is 2.80 bits per heavy atom. The van der Waals surface area contributed by atoms with E-state index in [0.717, 1.165) is 10.9 Å². The minimum absolute atomic E-state index is 0.0165. The highest BCUT2D eigenvalue weighted by Gasteiger charge is 2.41. The number of benzene rings is 1. The summed E-state index contributed by atoms with van der Waals surface area (Å²) in [6.07, 6.45) is 4.07. The normalized spacial score (nSPS) is 21.7. The number of para-hydroxylation sites is 1. The van der Waals surface area contributed by atoms with Crippen molar-refractivity contribution in [1.82, 2.24) is 29.4 Å². The molecule has 30 heavy (non-hydrogen) atoms. The van der Waals surface area contributed by atoms with Crippen LogP contribution in [0.4, 0.5) is 0 Å². The predicted octanol–water partition coefficient (Wildman–Crippen LogP) is 1.06. The van der Waals surface area contributed by atoms with E-state index in [4.69, 9.17) is 4.74 Å². The molecule has 0 saturated carbocycles. The third-order valence-electron chi connectivity index (χ3n) is 6.19. The van der Waals surface area contributed by atoms with Gasteiger partial charge in [0.25, 0.3) is 11.8 Å². The molecule has 0 unspecified atom stereocenters. The highest BCUT2D eigenvalue weighted by Crippen LogP contribution is 2.28. The van der Waals surface area contributed by atoms with E-state index in [-0.39, 0.29) is 24.0 Å². The van der Waals surface area contributed by atoms with Gasteiger partial charge in [-0.05, 0) is 18.6 Å². The lowest BCUT2D eigenvalue weighted by Crippen LogP contribution is -2.62. The number of piperidine rings is 1. The fourth-order valence-corrected chi connectivity index (χ4v) is 4.64. The smallest absolute Gasteiger partial charge is 0.273 e. The third-order valence-corrected chi connectivity index (χ3v) is 6.19. The molecule has 3 aromatic rings. The van der Waals surface area contributed by atoms with Gasteiger partial charge in [-0.25, -0.2) is 4.68 Å². The number of aromatic nitrogens is 4. The number of amides is 2. The van der Waals surface area contributed by atoms with Crippen LogP contribution in [0.3, 0.4) is 0 Å². The van der Waals surface area contributed by atoms with Crippen molar-refractivity contribution in [2.45, 2.75) is 18.6 Å². The number of ether oxygens (including phenoxy) is 1. The second kappa shape index (κ2) is 7.24. The van der Waals surface area contributed by atoms with E-state index in [2.05, 4.69) is 10.3 Å². The number of aryl methyl sites for hydroxylation is 2. The molecule has 0 spiro atoms. The fraction of sp³-hybridized carbons (Fsp3) is 0.429. The molecule has 0 radical (unpaired) electrons. The lowest BCUT2D eigenvalue weighted by atomic mass is 9.97. The third kappa shape index (κ3) is 2.97. The van der Waals surface area contributed by atoms with Crippen LogP contribution in [0.5, 0.6) is 0 Å². The van der Waals surface area contributed by atoms with Gasteiger partial charge in [-0.2, -0.15) is 0 Å². The van der Waals surface area contributed by atoms with Gasteiger partial charge in [-0.15, -0.1) is 5.10 Å². The zero-order chi connectivity index (χ0) is 20.8. The topological polar surface area (TPSA) is 85.5 Å². The molecule has 1 aromatic carbocycles. The zero-order valence-electron chi connectivity index (χ0n) is 17.1. The molecule has 2 aliphatic rings. The Morgan fingerprint density at radius 1 is 1.13 bits per heavy atom. The summed E-state index contributed by atoms with van der Waals surface area (Å²) in [4.78, 5) is 30.2. The Kier molecular flexibility index (Phi) is 4.54. The van der Waals surface area contributed by atoms with E-state index in [0.29, 0.717) is 43.9 Å². The van der Waals surface area contributed by atoms with Crippen molar-refractivity contribution in [1.29, 1.82) is 0 Å². The van der Waals surface area contributed by atoms with E-state index < -0.39 is 0 Å². The first kappa shape index (κ1) is 18.8. The quantitative estimate of drug-likeness (QED) is 0.633. The van der Waals surface area contributed by atoms with Crippen molar-refractivity contribution >= 4 is 22.7 Å². The van der Waals surface area contributed by atoms with Gasteiger partial charge in [0.15, 0.2) is 0 Å². The van der Waals surface area contributed by atoms with E-state index >= 15 is 0 Å². The number of hydrogen-bond acceptors (Lipinski definition) is 5. The molecule has 2 aromatic heterocycles. The molecular formula is C21H24N6O3. The maximum absolute atomic E-state index is 13.6. The molecule has 0 N–H and O–H groups in total. The van der Waals surface area contributed by atoms with Gasteiger partial charge in [-0.1, -0.05) is 17.3 Å². The molecule has 0 aliphatic carbocycles. The summed E-state index contributed by atoms with van der Waals surface area (Å²) in [7, 11) is 3.65. The molecule has 2 amide bonds. The van der Waals surface area contributed by atoms with Crippen molar-refractivity contribution in [3.05, 3.63) is 47.9 Å². The van der Waals surface area contributed by atoms with Crippen molar-refractivity contribution in [2.75, 3.05) is 26.2 Å². The maximum atomic E-state index is 13.6. The number of carbonyl (C=O) groups excluding carboxylic acids is 2. The van der Waals surface area contributed by atoms with Crippen molar-refractivity contribution in [3.8, 4) is 0 Å². The van der Waals surface area contributed by atoms with Crippen LogP contribution in [-0.2, 0) is 18.8 Å². The number of fused-ring (bicyclic) bond motifs is 2. The van der Waals surface area contributed by atoms with Gasteiger partial charge >= 0.3 is 0 Å². The summed E-state index contributed by atoms with van der Waals surface area (Å²) in [6.45, 7) is 2.04. The molecule has 156 valence electrons. The lowest BCUT2D eigenvalue weighted by molar-refractivity contribution is -0.0855. The molecule has 2 atom stereocenters. The molecule has 4 heterocycles. The SMILES string of the molecule is Cn1nncc1C(=O)N1CC[C@@H]2OCCN(C(=O)c3cccc4ccn(C)c34)[C@H]2C1. The van der Waals surface area contributed by atoms with Gasteiger partial charge in [0.1, 0.15) is 5.69 Å². The van der Waals surface area contributed by atoms with Gasteiger partial charge in [0.05, 0.1) is 36.0 Å². The van der Waals surface area contributed by atoms with Gasteiger partial charge in [0, 0.05) is 45.3 Å². The fourth-order valence-electron chi connectivity index (χ4n) is 4.64. The minimum Gasteiger partial charge on any atom is -0.374 e. The van der Waals surface area contributed by atoms with Crippen LogP contribution >= 0.6 is 0 Å². The first-order valence-corrected chi connectivity index (χ1v) is 10.1. The molecule has 0 bridgehead atoms. The van der Waals surface area contributed by atoms with Crippen molar-refractivity contribution < 1.29 is 14.3 Å². The Bertz CT molecular complexity index is 1120. The molecule has 2 aliphatic heterocycles. The van der Waals surface area contributed by atoms with Crippen LogP contribution in [-0.4, -0.2) is 79.6 Å². The van der Waals surface area contributed by atoms with Gasteiger partial charge < -0.3 is 19.1 Å². The molecule has 2 fully saturated rings. The molecule has 2 saturated heterocycles. The summed E-state index contributed by atoms with van der Waals surface area (Å²) in [6, 6.07) is 7.64. The molecular weight excluding hydrogens is 384 g/mol.